The Hall–Kier alpha value is -2.28. The van der Waals surface area contributed by atoms with Crippen LogP contribution < -0.4 is 5.43 Å². The fourth-order valence-electron chi connectivity index (χ4n) is 2.82. The minimum Gasteiger partial charge on any atom is -0.297 e. The van der Waals surface area contributed by atoms with Gasteiger partial charge in [-0.1, -0.05) is 23.7 Å². The topological polar surface area (TPSA) is 60.8 Å². The molecule has 0 radical (unpaired) electrons. The van der Waals surface area contributed by atoms with Gasteiger partial charge in [0.1, 0.15) is 0 Å². The Morgan fingerprint density at radius 1 is 1.08 bits per heavy atom. The summed E-state index contributed by atoms with van der Waals surface area (Å²) >= 11 is 5.92. The van der Waals surface area contributed by atoms with Crippen LogP contribution in [0.4, 0.5) is 0 Å². The molecule has 0 bridgehead atoms. The molecule has 6 nitrogen and oxygen atoms in total. The van der Waals surface area contributed by atoms with Gasteiger partial charge in [0, 0.05) is 50.1 Å². The lowest BCUT2D eigenvalue weighted by molar-refractivity contribution is -0.122. The summed E-state index contributed by atoms with van der Waals surface area (Å²) in [5.74, 6) is -0.0959. The number of piperazine rings is 1. The number of halogens is 1. The molecule has 1 aliphatic heterocycles. The number of hydrogen-bond acceptors (Lipinski definition) is 5. The Kier molecular flexibility index (Phi) is 6.71. The summed E-state index contributed by atoms with van der Waals surface area (Å²) in [6.45, 7) is 4.90. The number of carbonyl (C=O) groups is 1. The number of pyridine rings is 1. The van der Waals surface area contributed by atoms with E-state index in [1.165, 1.54) is 5.56 Å². The van der Waals surface area contributed by atoms with Gasteiger partial charge in [0.2, 0.25) is 0 Å². The molecule has 1 amide bonds. The number of carbonyl (C=O) groups excluding carboxylic acids is 1. The molecule has 26 heavy (non-hydrogen) atoms. The normalized spacial score (nSPS) is 16.0. The second kappa shape index (κ2) is 9.43. The molecule has 1 aromatic carbocycles. The van der Waals surface area contributed by atoms with E-state index in [4.69, 9.17) is 11.6 Å². The standard InChI is InChI=1S/C19H22ClN5O/c20-18-3-1-17(2-4-18)14-24-9-11-25(12-10-24)15-19(26)23-22-13-16-5-7-21-8-6-16/h1-8,13H,9-12,14-15H2,(H,23,26)/b22-13-. The highest BCUT2D eigenvalue weighted by Crippen LogP contribution is 2.12. The van der Waals surface area contributed by atoms with Crippen LogP contribution in [-0.4, -0.2) is 59.6 Å². The first-order valence-electron chi connectivity index (χ1n) is 8.60. The molecule has 7 heteroatoms. The van der Waals surface area contributed by atoms with E-state index in [9.17, 15) is 4.79 Å². The summed E-state index contributed by atoms with van der Waals surface area (Å²) in [7, 11) is 0. The Morgan fingerprint density at radius 3 is 2.42 bits per heavy atom. The van der Waals surface area contributed by atoms with Gasteiger partial charge in [-0.3, -0.25) is 19.6 Å². The second-order valence-electron chi connectivity index (χ2n) is 6.25. The lowest BCUT2D eigenvalue weighted by atomic mass is 10.2. The molecule has 0 spiro atoms. The lowest BCUT2D eigenvalue weighted by Crippen LogP contribution is -2.48. The third kappa shape index (κ3) is 5.91. The van der Waals surface area contributed by atoms with Gasteiger partial charge in [-0.05, 0) is 35.4 Å². The van der Waals surface area contributed by atoms with Gasteiger partial charge in [0.15, 0.2) is 0 Å². The number of rotatable bonds is 6. The monoisotopic (exact) mass is 371 g/mol. The maximum Gasteiger partial charge on any atom is 0.254 e. The van der Waals surface area contributed by atoms with Crippen LogP contribution >= 0.6 is 11.6 Å². The molecular formula is C19H22ClN5O. The molecule has 0 unspecified atom stereocenters. The first-order chi connectivity index (χ1) is 12.7. The van der Waals surface area contributed by atoms with E-state index in [1.54, 1.807) is 18.6 Å². The molecule has 0 atom stereocenters. The molecule has 2 aromatic rings. The quantitative estimate of drug-likeness (QED) is 0.623. The van der Waals surface area contributed by atoms with E-state index < -0.39 is 0 Å². The largest absolute Gasteiger partial charge is 0.297 e. The van der Waals surface area contributed by atoms with Crippen LogP contribution in [0.5, 0.6) is 0 Å². The first-order valence-corrected chi connectivity index (χ1v) is 8.98. The lowest BCUT2D eigenvalue weighted by Gasteiger charge is -2.34. The average Bonchev–Trinajstić information content (AvgIpc) is 2.66. The molecule has 0 aliphatic carbocycles. The summed E-state index contributed by atoms with van der Waals surface area (Å²) in [5.41, 5.74) is 4.73. The SMILES string of the molecule is O=C(CN1CCN(Cc2ccc(Cl)cc2)CC1)N/N=C\c1ccncc1. The molecule has 1 fully saturated rings. The summed E-state index contributed by atoms with van der Waals surface area (Å²) in [5, 5.41) is 4.75. The van der Waals surface area contributed by atoms with Crippen LogP contribution in [0.1, 0.15) is 11.1 Å². The van der Waals surface area contributed by atoms with Crippen molar-refractivity contribution in [1.29, 1.82) is 0 Å². The highest BCUT2D eigenvalue weighted by atomic mass is 35.5. The molecule has 1 aliphatic rings. The number of aromatic nitrogens is 1. The maximum atomic E-state index is 12.0. The first kappa shape index (κ1) is 18.5. The van der Waals surface area contributed by atoms with Gasteiger partial charge >= 0.3 is 0 Å². The Bertz CT molecular complexity index is 727. The van der Waals surface area contributed by atoms with E-state index in [1.807, 2.05) is 24.3 Å². The number of hydrogen-bond donors (Lipinski definition) is 1. The van der Waals surface area contributed by atoms with Crippen molar-refractivity contribution >= 4 is 23.7 Å². The minimum atomic E-state index is -0.0959. The third-order valence-corrected chi connectivity index (χ3v) is 4.51. The van der Waals surface area contributed by atoms with Gasteiger partial charge in [0.05, 0.1) is 12.8 Å². The Morgan fingerprint density at radius 2 is 1.73 bits per heavy atom. The molecular weight excluding hydrogens is 350 g/mol. The van der Waals surface area contributed by atoms with Crippen molar-refractivity contribution in [2.24, 2.45) is 5.10 Å². The number of hydrazone groups is 1. The highest BCUT2D eigenvalue weighted by molar-refractivity contribution is 6.30. The van der Waals surface area contributed by atoms with Gasteiger partial charge < -0.3 is 0 Å². The van der Waals surface area contributed by atoms with Crippen molar-refractivity contribution < 1.29 is 4.79 Å². The van der Waals surface area contributed by atoms with Crippen molar-refractivity contribution in [2.75, 3.05) is 32.7 Å². The minimum absolute atomic E-state index is 0.0959. The summed E-state index contributed by atoms with van der Waals surface area (Å²) < 4.78 is 0. The zero-order chi connectivity index (χ0) is 18.2. The van der Waals surface area contributed by atoms with Crippen LogP contribution in [0, 0.1) is 0 Å². The fourth-order valence-corrected chi connectivity index (χ4v) is 2.95. The molecule has 1 aromatic heterocycles. The van der Waals surface area contributed by atoms with E-state index in [2.05, 4.69) is 37.4 Å². The van der Waals surface area contributed by atoms with Gasteiger partial charge in [-0.2, -0.15) is 5.10 Å². The molecule has 1 N–H and O–H groups in total. The van der Waals surface area contributed by atoms with Crippen molar-refractivity contribution in [3.8, 4) is 0 Å². The van der Waals surface area contributed by atoms with Gasteiger partial charge in [0.25, 0.3) is 5.91 Å². The van der Waals surface area contributed by atoms with E-state index in [0.29, 0.717) is 6.54 Å². The van der Waals surface area contributed by atoms with Crippen LogP contribution in [0.3, 0.4) is 0 Å². The number of amides is 1. The Balaban J connectivity index is 1.37. The van der Waals surface area contributed by atoms with Crippen LogP contribution in [0.15, 0.2) is 53.9 Å². The summed E-state index contributed by atoms with van der Waals surface area (Å²) in [6, 6.07) is 11.6. The van der Waals surface area contributed by atoms with E-state index >= 15 is 0 Å². The number of nitrogens with zero attached hydrogens (tertiary/aromatic N) is 4. The molecule has 1 saturated heterocycles. The second-order valence-corrected chi connectivity index (χ2v) is 6.69. The molecule has 0 saturated carbocycles. The molecule has 136 valence electrons. The van der Waals surface area contributed by atoms with Crippen molar-refractivity contribution in [3.05, 3.63) is 64.9 Å². The van der Waals surface area contributed by atoms with Gasteiger partial charge in [-0.25, -0.2) is 5.43 Å². The van der Waals surface area contributed by atoms with Crippen molar-refractivity contribution in [3.63, 3.8) is 0 Å². The predicted octanol–water partition coefficient (Wildman–Crippen LogP) is 2.00. The highest BCUT2D eigenvalue weighted by Gasteiger charge is 2.18. The number of nitrogens with one attached hydrogen (secondary N) is 1. The number of benzene rings is 1. The smallest absolute Gasteiger partial charge is 0.254 e. The van der Waals surface area contributed by atoms with Crippen molar-refractivity contribution in [2.45, 2.75) is 6.54 Å². The summed E-state index contributed by atoms with van der Waals surface area (Å²) in [6.07, 6.45) is 4.99. The Labute approximate surface area is 158 Å². The van der Waals surface area contributed by atoms with Crippen LogP contribution in [-0.2, 0) is 11.3 Å². The predicted molar refractivity (Wildman–Crippen MR) is 103 cm³/mol. The zero-order valence-electron chi connectivity index (χ0n) is 14.5. The van der Waals surface area contributed by atoms with Crippen LogP contribution in [0.2, 0.25) is 5.02 Å². The fraction of sp³-hybridized carbons (Fsp3) is 0.316. The molecule has 3 rings (SSSR count). The van der Waals surface area contributed by atoms with Crippen molar-refractivity contribution in [1.82, 2.24) is 20.2 Å². The zero-order valence-corrected chi connectivity index (χ0v) is 15.3. The summed E-state index contributed by atoms with van der Waals surface area (Å²) in [4.78, 5) is 20.5. The van der Waals surface area contributed by atoms with E-state index in [0.717, 1.165) is 43.3 Å². The van der Waals surface area contributed by atoms with Crippen LogP contribution in [0.25, 0.3) is 0 Å². The molecule has 2 heterocycles. The van der Waals surface area contributed by atoms with Gasteiger partial charge in [-0.15, -0.1) is 0 Å². The maximum absolute atomic E-state index is 12.0. The van der Waals surface area contributed by atoms with E-state index in [-0.39, 0.29) is 5.91 Å². The average molecular weight is 372 g/mol. The third-order valence-electron chi connectivity index (χ3n) is 4.26.